The minimum atomic E-state index is 0.294. The molecular formula is C18H21N3. The molecule has 0 unspecified atom stereocenters. The minimum Gasteiger partial charge on any atom is -0.299 e. The van der Waals surface area contributed by atoms with Gasteiger partial charge in [-0.2, -0.15) is 5.10 Å². The Morgan fingerprint density at radius 1 is 1.19 bits per heavy atom. The summed E-state index contributed by atoms with van der Waals surface area (Å²) in [6.07, 6.45) is 11.3. The molecule has 108 valence electrons. The highest BCUT2D eigenvalue weighted by atomic mass is 15.2. The van der Waals surface area contributed by atoms with Gasteiger partial charge in [0.15, 0.2) is 0 Å². The fourth-order valence-electron chi connectivity index (χ4n) is 3.79. The van der Waals surface area contributed by atoms with Crippen LogP contribution in [0.15, 0.2) is 42.7 Å². The summed E-state index contributed by atoms with van der Waals surface area (Å²) >= 11 is 0. The molecule has 0 atom stereocenters. The van der Waals surface area contributed by atoms with Gasteiger partial charge >= 0.3 is 0 Å². The van der Waals surface area contributed by atoms with E-state index in [-0.39, 0.29) is 0 Å². The second kappa shape index (κ2) is 4.85. The number of piperidine rings is 1. The van der Waals surface area contributed by atoms with Crippen molar-refractivity contribution in [2.45, 2.75) is 24.8 Å². The molecule has 4 rings (SSSR count). The molecule has 1 aromatic carbocycles. The van der Waals surface area contributed by atoms with Gasteiger partial charge in [-0.3, -0.25) is 9.58 Å². The van der Waals surface area contributed by atoms with E-state index in [2.05, 4.69) is 52.6 Å². The van der Waals surface area contributed by atoms with Crippen molar-refractivity contribution in [1.29, 1.82) is 0 Å². The summed E-state index contributed by atoms with van der Waals surface area (Å²) < 4.78 is 1.89. The summed E-state index contributed by atoms with van der Waals surface area (Å²) in [5.74, 6) is 0. The first kappa shape index (κ1) is 12.8. The zero-order valence-electron chi connectivity index (χ0n) is 12.5. The number of allylic oxidation sites excluding steroid dienone is 1. The van der Waals surface area contributed by atoms with E-state index in [1.807, 2.05) is 17.9 Å². The van der Waals surface area contributed by atoms with Gasteiger partial charge in [-0.15, -0.1) is 0 Å². The van der Waals surface area contributed by atoms with Crippen LogP contribution in [0.3, 0.4) is 0 Å². The summed E-state index contributed by atoms with van der Waals surface area (Å²) in [5, 5.41) is 4.26. The summed E-state index contributed by atoms with van der Waals surface area (Å²) in [7, 11) is 1.98. The SMILES string of the molecule is Cn1cc(CN2CCC3(C=Cc4ccccc43)CC2)cn1. The Bertz CT molecular complexity index is 675. The second-order valence-corrected chi connectivity index (χ2v) is 6.38. The molecule has 0 radical (unpaired) electrons. The van der Waals surface area contributed by atoms with Crippen molar-refractivity contribution in [3.8, 4) is 0 Å². The van der Waals surface area contributed by atoms with E-state index in [1.165, 1.54) is 29.5 Å². The van der Waals surface area contributed by atoms with E-state index < -0.39 is 0 Å². The molecule has 0 amide bonds. The Kier molecular flexibility index (Phi) is 2.96. The Labute approximate surface area is 125 Å². The smallest absolute Gasteiger partial charge is 0.0534 e. The van der Waals surface area contributed by atoms with E-state index in [4.69, 9.17) is 0 Å². The van der Waals surface area contributed by atoms with E-state index in [0.717, 1.165) is 19.6 Å². The molecule has 1 aliphatic carbocycles. The lowest BCUT2D eigenvalue weighted by molar-refractivity contribution is 0.177. The zero-order chi connectivity index (χ0) is 14.3. The maximum atomic E-state index is 4.26. The maximum Gasteiger partial charge on any atom is 0.0534 e. The average molecular weight is 279 g/mol. The Hall–Kier alpha value is -1.87. The molecule has 2 aliphatic rings. The standard InChI is InChI=1S/C18H21N3/c1-20-13-15(12-19-20)14-21-10-8-18(9-11-21)7-6-16-4-2-3-5-17(16)18/h2-7,12-13H,8-11,14H2,1H3. The molecule has 2 heterocycles. The van der Waals surface area contributed by atoms with Gasteiger partial charge in [-0.1, -0.05) is 36.4 Å². The van der Waals surface area contributed by atoms with E-state index in [1.54, 1.807) is 0 Å². The monoisotopic (exact) mass is 279 g/mol. The zero-order valence-corrected chi connectivity index (χ0v) is 12.5. The number of hydrogen-bond acceptors (Lipinski definition) is 2. The lowest BCUT2D eigenvalue weighted by Crippen LogP contribution is -2.40. The molecule has 0 bridgehead atoms. The normalized spacial score (nSPS) is 20.0. The fraction of sp³-hybridized carbons (Fsp3) is 0.389. The third kappa shape index (κ3) is 2.22. The second-order valence-electron chi connectivity index (χ2n) is 6.38. The molecule has 3 nitrogen and oxygen atoms in total. The van der Waals surface area contributed by atoms with Gasteiger partial charge in [0.05, 0.1) is 6.20 Å². The summed E-state index contributed by atoms with van der Waals surface area (Å²) in [6, 6.07) is 8.87. The van der Waals surface area contributed by atoms with Crippen LogP contribution in [0.2, 0.25) is 0 Å². The molecule has 2 aromatic rings. The molecule has 0 saturated carbocycles. The molecule has 0 N–H and O–H groups in total. The maximum absolute atomic E-state index is 4.26. The summed E-state index contributed by atoms with van der Waals surface area (Å²) in [5.41, 5.74) is 4.56. The van der Waals surface area contributed by atoms with Crippen molar-refractivity contribution in [3.05, 3.63) is 59.4 Å². The van der Waals surface area contributed by atoms with Crippen LogP contribution in [0.25, 0.3) is 6.08 Å². The van der Waals surface area contributed by atoms with Gasteiger partial charge in [-0.05, 0) is 37.1 Å². The predicted molar refractivity (Wildman–Crippen MR) is 84.9 cm³/mol. The Morgan fingerprint density at radius 2 is 2.00 bits per heavy atom. The number of nitrogens with zero attached hydrogens (tertiary/aromatic N) is 3. The molecule has 1 fully saturated rings. The van der Waals surface area contributed by atoms with Crippen LogP contribution in [0, 0.1) is 0 Å². The number of likely N-dealkylation sites (tertiary alicyclic amines) is 1. The highest BCUT2D eigenvalue weighted by Crippen LogP contribution is 2.43. The number of aryl methyl sites for hydroxylation is 1. The molecule has 1 aliphatic heterocycles. The highest BCUT2D eigenvalue weighted by molar-refractivity contribution is 5.65. The molecule has 3 heteroatoms. The van der Waals surface area contributed by atoms with E-state index in [9.17, 15) is 0 Å². The number of rotatable bonds is 2. The van der Waals surface area contributed by atoms with Crippen LogP contribution in [-0.4, -0.2) is 27.8 Å². The molecule has 21 heavy (non-hydrogen) atoms. The molecular weight excluding hydrogens is 258 g/mol. The lowest BCUT2D eigenvalue weighted by atomic mass is 9.74. The van der Waals surface area contributed by atoms with Crippen molar-refractivity contribution in [3.63, 3.8) is 0 Å². The van der Waals surface area contributed by atoms with Crippen molar-refractivity contribution >= 4 is 6.08 Å². The van der Waals surface area contributed by atoms with Gasteiger partial charge < -0.3 is 0 Å². The van der Waals surface area contributed by atoms with Gasteiger partial charge in [-0.25, -0.2) is 0 Å². The van der Waals surface area contributed by atoms with Crippen molar-refractivity contribution < 1.29 is 0 Å². The van der Waals surface area contributed by atoms with Crippen molar-refractivity contribution in [1.82, 2.24) is 14.7 Å². The van der Waals surface area contributed by atoms with Gasteiger partial charge in [0.1, 0.15) is 0 Å². The Morgan fingerprint density at radius 3 is 2.76 bits per heavy atom. The van der Waals surface area contributed by atoms with Gasteiger partial charge in [0.2, 0.25) is 0 Å². The molecule has 1 aromatic heterocycles. The largest absolute Gasteiger partial charge is 0.299 e. The van der Waals surface area contributed by atoms with Gasteiger partial charge in [0.25, 0.3) is 0 Å². The van der Waals surface area contributed by atoms with Crippen LogP contribution in [0.4, 0.5) is 0 Å². The van der Waals surface area contributed by atoms with Gasteiger partial charge in [0, 0.05) is 30.8 Å². The molecule has 1 spiro atoms. The van der Waals surface area contributed by atoms with Crippen LogP contribution >= 0.6 is 0 Å². The minimum absolute atomic E-state index is 0.294. The van der Waals surface area contributed by atoms with E-state index in [0.29, 0.717) is 5.41 Å². The average Bonchev–Trinajstić information content (AvgIpc) is 3.07. The van der Waals surface area contributed by atoms with Crippen LogP contribution < -0.4 is 0 Å². The van der Waals surface area contributed by atoms with Crippen molar-refractivity contribution in [2.24, 2.45) is 7.05 Å². The summed E-state index contributed by atoms with van der Waals surface area (Å²) in [6.45, 7) is 3.34. The van der Waals surface area contributed by atoms with Crippen molar-refractivity contribution in [2.75, 3.05) is 13.1 Å². The number of fused-ring (bicyclic) bond motifs is 2. The third-order valence-corrected chi connectivity index (χ3v) is 4.99. The number of aromatic nitrogens is 2. The quantitative estimate of drug-likeness (QED) is 0.842. The lowest BCUT2D eigenvalue weighted by Gasteiger charge is -2.39. The summed E-state index contributed by atoms with van der Waals surface area (Å²) in [4.78, 5) is 2.55. The number of benzene rings is 1. The molecule has 1 saturated heterocycles. The van der Waals surface area contributed by atoms with E-state index >= 15 is 0 Å². The Balaban J connectivity index is 1.47. The highest BCUT2D eigenvalue weighted by Gasteiger charge is 2.37. The predicted octanol–water partition coefficient (Wildman–Crippen LogP) is 2.98. The third-order valence-electron chi connectivity index (χ3n) is 4.99. The van der Waals surface area contributed by atoms with Crippen LogP contribution in [0.1, 0.15) is 29.5 Å². The van der Waals surface area contributed by atoms with Crippen LogP contribution in [0.5, 0.6) is 0 Å². The fourth-order valence-corrected chi connectivity index (χ4v) is 3.79. The topological polar surface area (TPSA) is 21.1 Å². The first-order chi connectivity index (χ1) is 10.3. The number of hydrogen-bond donors (Lipinski definition) is 0. The first-order valence-electron chi connectivity index (χ1n) is 7.74. The first-order valence-corrected chi connectivity index (χ1v) is 7.74. The van der Waals surface area contributed by atoms with Crippen LogP contribution in [-0.2, 0) is 19.0 Å².